The molecule has 0 aliphatic carbocycles. The third-order valence-electron chi connectivity index (χ3n) is 3.80. The van der Waals surface area contributed by atoms with Crippen molar-refractivity contribution in [2.75, 3.05) is 31.6 Å². The smallest absolute Gasteiger partial charge is 0.330 e. The van der Waals surface area contributed by atoms with Gasteiger partial charge < -0.3 is 19.3 Å². The van der Waals surface area contributed by atoms with E-state index in [0.717, 1.165) is 0 Å². The van der Waals surface area contributed by atoms with Crippen molar-refractivity contribution >= 4 is 11.8 Å². The minimum Gasteiger partial charge on any atom is -0.474 e. The summed E-state index contributed by atoms with van der Waals surface area (Å²) in [4.78, 5) is 20.4. The molecule has 0 spiro atoms. The standard InChI is InChI=1S/C18H24N4O3/c1-13(25-18(2,3)4)21-8-9-22(15(12-21)17(23)24-5)16-7-6-14(10-19)11-20-16/h6-7,11,15H,1,8-9,12H2,2-5H3. The van der Waals surface area contributed by atoms with Crippen molar-refractivity contribution in [3.63, 3.8) is 0 Å². The van der Waals surface area contributed by atoms with Gasteiger partial charge in [0.05, 0.1) is 19.2 Å². The number of carbonyl (C=O) groups is 1. The molecule has 0 aromatic carbocycles. The van der Waals surface area contributed by atoms with Crippen molar-refractivity contribution in [1.82, 2.24) is 9.88 Å². The molecule has 0 saturated carbocycles. The number of ether oxygens (including phenoxy) is 2. The molecule has 1 aromatic heterocycles. The van der Waals surface area contributed by atoms with Crippen LogP contribution in [0.4, 0.5) is 5.82 Å². The number of nitrogens with zero attached hydrogens (tertiary/aromatic N) is 4. The second kappa shape index (κ2) is 7.43. The number of pyridine rings is 1. The number of methoxy groups -OCH3 is 1. The number of hydrogen-bond acceptors (Lipinski definition) is 7. The maximum atomic E-state index is 12.3. The van der Waals surface area contributed by atoms with Gasteiger partial charge in [0.2, 0.25) is 0 Å². The highest BCUT2D eigenvalue weighted by Gasteiger charge is 2.35. The van der Waals surface area contributed by atoms with Gasteiger partial charge in [-0.1, -0.05) is 0 Å². The summed E-state index contributed by atoms with van der Waals surface area (Å²) in [6, 6.07) is 4.93. The van der Waals surface area contributed by atoms with Crippen LogP contribution in [0.5, 0.6) is 0 Å². The van der Waals surface area contributed by atoms with E-state index in [1.807, 2.05) is 36.6 Å². The van der Waals surface area contributed by atoms with Crippen molar-refractivity contribution in [3.05, 3.63) is 36.4 Å². The SMILES string of the molecule is C=C(OC(C)(C)C)N1CCN(c2ccc(C#N)cn2)C(C(=O)OC)C1. The lowest BCUT2D eigenvalue weighted by Gasteiger charge is -2.42. The number of nitriles is 1. The monoisotopic (exact) mass is 344 g/mol. The lowest BCUT2D eigenvalue weighted by molar-refractivity contribution is -0.143. The van der Waals surface area contributed by atoms with Crippen LogP contribution >= 0.6 is 0 Å². The zero-order valence-corrected chi connectivity index (χ0v) is 15.2. The summed E-state index contributed by atoms with van der Waals surface area (Å²) in [7, 11) is 1.37. The Kier molecular flexibility index (Phi) is 5.52. The van der Waals surface area contributed by atoms with Gasteiger partial charge in [-0.2, -0.15) is 5.26 Å². The Morgan fingerprint density at radius 2 is 2.12 bits per heavy atom. The highest BCUT2D eigenvalue weighted by molar-refractivity contribution is 5.80. The number of anilines is 1. The van der Waals surface area contributed by atoms with Crippen LogP contribution in [-0.2, 0) is 14.3 Å². The molecular weight excluding hydrogens is 320 g/mol. The van der Waals surface area contributed by atoms with E-state index in [0.29, 0.717) is 36.9 Å². The number of carbonyl (C=O) groups excluding carboxylic acids is 1. The van der Waals surface area contributed by atoms with Crippen LogP contribution in [0, 0.1) is 11.3 Å². The Labute approximate surface area is 148 Å². The number of aromatic nitrogens is 1. The summed E-state index contributed by atoms with van der Waals surface area (Å²) in [6.45, 7) is 11.4. The zero-order valence-electron chi connectivity index (χ0n) is 15.2. The molecule has 1 aliphatic heterocycles. The summed E-state index contributed by atoms with van der Waals surface area (Å²) < 4.78 is 10.8. The fourth-order valence-corrected chi connectivity index (χ4v) is 2.66. The molecule has 1 unspecified atom stereocenters. The third kappa shape index (κ3) is 4.63. The van der Waals surface area contributed by atoms with Crippen LogP contribution < -0.4 is 4.90 Å². The second-order valence-corrected chi connectivity index (χ2v) is 6.80. The summed E-state index contributed by atoms with van der Waals surface area (Å²) in [5.41, 5.74) is 0.118. The number of rotatable bonds is 4. The zero-order chi connectivity index (χ0) is 18.6. The number of piperazine rings is 1. The first kappa shape index (κ1) is 18.6. The first-order valence-corrected chi connectivity index (χ1v) is 8.08. The van der Waals surface area contributed by atoms with Gasteiger partial charge in [0.15, 0.2) is 5.88 Å². The number of esters is 1. The molecule has 1 saturated heterocycles. The molecule has 1 aliphatic rings. The van der Waals surface area contributed by atoms with E-state index in [2.05, 4.69) is 11.6 Å². The Balaban J connectivity index is 2.19. The highest BCUT2D eigenvalue weighted by Crippen LogP contribution is 2.23. The first-order valence-electron chi connectivity index (χ1n) is 8.08. The molecule has 0 radical (unpaired) electrons. The Bertz CT molecular complexity index is 673. The van der Waals surface area contributed by atoms with Crippen molar-refractivity contribution in [2.24, 2.45) is 0 Å². The topological polar surface area (TPSA) is 78.7 Å². The summed E-state index contributed by atoms with van der Waals surface area (Å²) in [5.74, 6) is 0.824. The van der Waals surface area contributed by atoms with Gasteiger partial charge in [-0.15, -0.1) is 0 Å². The molecule has 7 nitrogen and oxygen atoms in total. The van der Waals surface area contributed by atoms with Crippen molar-refractivity contribution < 1.29 is 14.3 Å². The molecule has 1 atom stereocenters. The molecule has 2 rings (SSSR count). The van der Waals surface area contributed by atoms with Gasteiger partial charge in [0.25, 0.3) is 0 Å². The van der Waals surface area contributed by atoms with Crippen molar-refractivity contribution in [2.45, 2.75) is 32.4 Å². The quantitative estimate of drug-likeness (QED) is 0.610. The van der Waals surface area contributed by atoms with Crippen LogP contribution in [0.25, 0.3) is 0 Å². The van der Waals surface area contributed by atoms with E-state index < -0.39 is 6.04 Å². The summed E-state index contributed by atoms with van der Waals surface area (Å²) in [5, 5.41) is 8.90. The lowest BCUT2D eigenvalue weighted by Crippen LogP contribution is -2.57. The van der Waals surface area contributed by atoms with Gasteiger partial charge >= 0.3 is 5.97 Å². The van der Waals surface area contributed by atoms with Crippen molar-refractivity contribution in [1.29, 1.82) is 5.26 Å². The fraction of sp³-hybridized carbons (Fsp3) is 0.500. The number of hydrogen-bond donors (Lipinski definition) is 0. The van der Waals surface area contributed by atoms with E-state index in [1.165, 1.54) is 13.3 Å². The van der Waals surface area contributed by atoms with Crippen LogP contribution in [0.1, 0.15) is 26.3 Å². The Hall–Kier alpha value is -2.75. The normalized spacial score (nSPS) is 17.6. The van der Waals surface area contributed by atoms with Gasteiger partial charge in [0, 0.05) is 19.3 Å². The molecule has 0 amide bonds. The molecule has 0 bridgehead atoms. The molecule has 2 heterocycles. The van der Waals surface area contributed by atoms with E-state index in [4.69, 9.17) is 14.7 Å². The first-order chi connectivity index (χ1) is 11.7. The maximum absolute atomic E-state index is 12.3. The second-order valence-electron chi connectivity index (χ2n) is 6.80. The maximum Gasteiger partial charge on any atom is 0.330 e. The minimum absolute atomic E-state index is 0.348. The average Bonchev–Trinajstić information content (AvgIpc) is 2.59. The van der Waals surface area contributed by atoms with Crippen LogP contribution in [0.3, 0.4) is 0 Å². The largest absolute Gasteiger partial charge is 0.474 e. The molecule has 1 aromatic rings. The molecule has 1 fully saturated rings. The van der Waals surface area contributed by atoms with Crippen LogP contribution in [0.15, 0.2) is 30.8 Å². The Morgan fingerprint density at radius 1 is 1.40 bits per heavy atom. The molecule has 7 heteroatoms. The molecule has 0 N–H and O–H groups in total. The summed E-state index contributed by atoms with van der Waals surface area (Å²) >= 11 is 0. The minimum atomic E-state index is -0.528. The summed E-state index contributed by atoms with van der Waals surface area (Å²) in [6.07, 6.45) is 1.50. The molecule has 134 valence electrons. The van der Waals surface area contributed by atoms with Gasteiger partial charge in [-0.25, -0.2) is 9.78 Å². The van der Waals surface area contributed by atoms with Gasteiger partial charge in [-0.3, -0.25) is 0 Å². The average molecular weight is 344 g/mol. The lowest BCUT2D eigenvalue weighted by atomic mass is 10.1. The predicted molar refractivity (Wildman–Crippen MR) is 93.7 cm³/mol. The Morgan fingerprint density at radius 3 is 2.64 bits per heavy atom. The van der Waals surface area contributed by atoms with Gasteiger partial charge in [-0.05, 0) is 39.5 Å². The van der Waals surface area contributed by atoms with Crippen LogP contribution in [0.2, 0.25) is 0 Å². The van der Waals surface area contributed by atoms with Crippen molar-refractivity contribution in [3.8, 4) is 6.07 Å². The fourth-order valence-electron chi connectivity index (χ4n) is 2.66. The molecular formula is C18H24N4O3. The van der Waals surface area contributed by atoms with Gasteiger partial charge in [0.1, 0.15) is 23.5 Å². The van der Waals surface area contributed by atoms with Crippen LogP contribution in [-0.4, -0.2) is 54.2 Å². The molecule has 25 heavy (non-hydrogen) atoms. The highest BCUT2D eigenvalue weighted by atomic mass is 16.5. The third-order valence-corrected chi connectivity index (χ3v) is 3.80. The van der Waals surface area contributed by atoms with E-state index in [9.17, 15) is 4.79 Å². The predicted octanol–water partition coefficient (Wildman–Crippen LogP) is 1.90. The van der Waals surface area contributed by atoms with E-state index in [1.54, 1.807) is 12.1 Å². The van der Waals surface area contributed by atoms with E-state index in [-0.39, 0.29) is 11.6 Å². The van der Waals surface area contributed by atoms with E-state index >= 15 is 0 Å².